The maximum absolute atomic E-state index is 12.6. The molecule has 0 saturated heterocycles. The third-order valence-corrected chi connectivity index (χ3v) is 6.95. The quantitative estimate of drug-likeness (QED) is 0.516. The van der Waals surface area contributed by atoms with Crippen molar-refractivity contribution in [1.29, 1.82) is 0 Å². The summed E-state index contributed by atoms with van der Waals surface area (Å²) in [5.74, 6) is 1.28. The fourth-order valence-corrected chi connectivity index (χ4v) is 4.55. The van der Waals surface area contributed by atoms with Crippen LogP contribution in [0, 0.1) is 0 Å². The summed E-state index contributed by atoms with van der Waals surface area (Å²) in [4.78, 5) is 12.5. The van der Waals surface area contributed by atoms with Gasteiger partial charge in [-0.3, -0.25) is 4.79 Å². The fraction of sp³-hybridized carbons (Fsp3) is 0.348. The molecule has 2 rings (SSSR count). The van der Waals surface area contributed by atoms with Gasteiger partial charge in [0, 0.05) is 37.3 Å². The average Bonchev–Trinajstić information content (AvgIpc) is 2.81. The normalized spacial score (nSPS) is 11.6. The number of rotatable bonds is 11. The minimum Gasteiger partial charge on any atom is -0.496 e. The number of hydrogen-bond acceptors (Lipinski definition) is 6. The van der Waals surface area contributed by atoms with Crippen LogP contribution in [0.2, 0.25) is 0 Å². The standard InChI is InChI=1S/C23H30N2O6S/c1-6-25(7-2)32(27,28)19-11-8-17(9-12-19)16-24-23(26)13-10-18-14-21(30-4)22(31-5)15-20(18)29-3/h8-15H,6-7,16H2,1-5H3,(H,24,26)/b13-10+. The van der Waals surface area contributed by atoms with Crippen molar-refractivity contribution in [3.8, 4) is 17.2 Å². The summed E-state index contributed by atoms with van der Waals surface area (Å²) in [6.45, 7) is 4.69. The molecular weight excluding hydrogens is 432 g/mol. The molecule has 0 bridgehead atoms. The smallest absolute Gasteiger partial charge is 0.244 e. The van der Waals surface area contributed by atoms with E-state index in [2.05, 4.69) is 5.32 Å². The maximum Gasteiger partial charge on any atom is 0.244 e. The number of nitrogens with one attached hydrogen (secondary N) is 1. The van der Waals surface area contributed by atoms with E-state index in [4.69, 9.17) is 14.2 Å². The summed E-state index contributed by atoms with van der Waals surface area (Å²) in [5.41, 5.74) is 1.44. The molecule has 32 heavy (non-hydrogen) atoms. The molecule has 0 aliphatic rings. The minimum atomic E-state index is -3.50. The second kappa shape index (κ2) is 11.5. The van der Waals surface area contributed by atoms with Crippen molar-refractivity contribution in [1.82, 2.24) is 9.62 Å². The monoisotopic (exact) mass is 462 g/mol. The van der Waals surface area contributed by atoms with Gasteiger partial charge in [0.1, 0.15) is 5.75 Å². The number of methoxy groups -OCH3 is 3. The van der Waals surface area contributed by atoms with Crippen LogP contribution in [0.25, 0.3) is 6.08 Å². The predicted molar refractivity (Wildman–Crippen MR) is 124 cm³/mol. The SMILES string of the molecule is CCN(CC)S(=O)(=O)c1ccc(CNC(=O)/C=C/c2cc(OC)c(OC)cc2OC)cc1. The summed E-state index contributed by atoms with van der Waals surface area (Å²) in [6, 6.07) is 9.90. The van der Waals surface area contributed by atoms with E-state index in [9.17, 15) is 13.2 Å². The lowest BCUT2D eigenvalue weighted by Crippen LogP contribution is -2.30. The molecule has 0 unspecified atom stereocenters. The number of amides is 1. The van der Waals surface area contributed by atoms with Gasteiger partial charge < -0.3 is 19.5 Å². The molecule has 9 heteroatoms. The summed E-state index contributed by atoms with van der Waals surface area (Å²) in [6.07, 6.45) is 3.01. The van der Waals surface area contributed by atoms with Gasteiger partial charge in [0.25, 0.3) is 0 Å². The summed E-state index contributed by atoms with van der Waals surface area (Å²) in [5, 5.41) is 2.78. The molecule has 0 aliphatic heterocycles. The first kappa shape index (κ1) is 25.2. The molecule has 0 atom stereocenters. The lowest BCUT2D eigenvalue weighted by Gasteiger charge is -2.18. The topological polar surface area (TPSA) is 94.2 Å². The number of nitrogens with zero attached hydrogens (tertiary/aromatic N) is 1. The lowest BCUT2D eigenvalue weighted by atomic mass is 10.1. The van der Waals surface area contributed by atoms with E-state index in [-0.39, 0.29) is 17.3 Å². The van der Waals surface area contributed by atoms with Crippen LogP contribution in [0.3, 0.4) is 0 Å². The molecule has 0 saturated carbocycles. The predicted octanol–water partition coefficient (Wildman–Crippen LogP) is 3.07. The molecule has 0 radical (unpaired) electrons. The van der Waals surface area contributed by atoms with E-state index < -0.39 is 10.0 Å². The molecule has 2 aromatic carbocycles. The van der Waals surface area contributed by atoms with Gasteiger partial charge in [0.15, 0.2) is 11.5 Å². The number of ether oxygens (including phenoxy) is 3. The first-order chi connectivity index (χ1) is 15.3. The van der Waals surface area contributed by atoms with E-state index >= 15 is 0 Å². The largest absolute Gasteiger partial charge is 0.496 e. The van der Waals surface area contributed by atoms with E-state index in [1.165, 1.54) is 31.7 Å². The Balaban J connectivity index is 2.05. The van der Waals surface area contributed by atoms with Gasteiger partial charge in [0.2, 0.25) is 15.9 Å². The van der Waals surface area contributed by atoms with Crippen LogP contribution in [0.15, 0.2) is 47.4 Å². The zero-order valence-corrected chi connectivity index (χ0v) is 19.9. The third kappa shape index (κ3) is 6.02. The van der Waals surface area contributed by atoms with Crippen LogP contribution in [0.1, 0.15) is 25.0 Å². The molecule has 2 aromatic rings. The van der Waals surface area contributed by atoms with Gasteiger partial charge in [0.05, 0.1) is 26.2 Å². The highest BCUT2D eigenvalue weighted by molar-refractivity contribution is 7.89. The summed E-state index contributed by atoms with van der Waals surface area (Å²) < 4.78 is 42.4. The van der Waals surface area contributed by atoms with Gasteiger partial charge in [-0.25, -0.2) is 8.42 Å². The fourth-order valence-electron chi connectivity index (χ4n) is 3.09. The van der Waals surface area contributed by atoms with Crippen molar-refractivity contribution in [3.05, 3.63) is 53.6 Å². The van der Waals surface area contributed by atoms with Gasteiger partial charge in [-0.2, -0.15) is 4.31 Å². The summed E-state index contributed by atoms with van der Waals surface area (Å²) in [7, 11) is 1.09. The van der Waals surface area contributed by atoms with Crippen LogP contribution >= 0.6 is 0 Å². The first-order valence-corrected chi connectivity index (χ1v) is 11.6. The van der Waals surface area contributed by atoms with Gasteiger partial charge >= 0.3 is 0 Å². The Hall–Kier alpha value is -3.04. The van der Waals surface area contributed by atoms with Gasteiger partial charge in [-0.15, -0.1) is 0 Å². The first-order valence-electron chi connectivity index (χ1n) is 10.2. The van der Waals surface area contributed by atoms with Crippen LogP contribution in [-0.4, -0.2) is 53.0 Å². The summed E-state index contributed by atoms with van der Waals surface area (Å²) >= 11 is 0. The van der Waals surface area contributed by atoms with Crippen LogP contribution < -0.4 is 19.5 Å². The molecule has 1 amide bonds. The lowest BCUT2D eigenvalue weighted by molar-refractivity contribution is -0.116. The Morgan fingerprint density at radius 1 is 0.938 bits per heavy atom. The molecule has 0 heterocycles. The highest BCUT2D eigenvalue weighted by atomic mass is 32.2. The molecular formula is C23H30N2O6S. The Labute approximate surface area is 189 Å². The number of benzene rings is 2. The molecule has 0 aromatic heterocycles. The number of carbonyl (C=O) groups is 1. The second-order valence-electron chi connectivity index (χ2n) is 6.73. The Kier molecular flexibility index (Phi) is 9.10. The van der Waals surface area contributed by atoms with E-state index in [0.717, 1.165) is 5.56 Å². The molecule has 1 N–H and O–H groups in total. The van der Waals surface area contributed by atoms with Gasteiger partial charge in [-0.05, 0) is 29.8 Å². The third-order valence-electron chi connectivity index (χ3n) is 4.88. The second-order valence-corrected chi connectivity index (χ2v) is 8.67. The molecule has 174 valence electrons. The average molecular weight is 463 g/mol. The molecule has 0 fully saturated rings. The van der Waals surface area contributed by atoms with Crippen molar-refractivity contribution in [2.45, 2.75) is 25.3 Å². The highest BCUT2D eigenvalue weighted by Gasteiger charge is 2.21. The van der Waals surface area contributed by atoms with Crippen molar-refractivity contribution >= 4 is 22.0 Å². The zero-order valence-electron chi connectivity index (χ0n) is 19.0. The van der Waals surface area contributed by atoms with Gasteiger partial charge in [-0.1, -0.05) is 26.0 Å². The number of sulfonamides is 1. The van der Waals surface area contributed by atoms with Crippen LogP contribution in [0.5, 0.6) is 17.2 Å². The van der Waals surface area contributed by atoms with Crippen molar-refractivity contribution in [3.63, 3.8) is 0 Å². The van der Waals surface area contributed by atoms with Crippen molar-refractivity contribution in [2.75, 3.05) is 34.4 Å². The number of hydrogen-bond donors (Lipinski definition) is 1. The van der Waals surface area contributed by atoms with Crippen LogP contribution in [-0.2, 0) is 21.4 Å². The van der Waals surface area contributed by atoms with Crippen LogP contribution in [0.4, 0.5) is 0 Å². The zero-order chi connectivity index (χ0) is 23.7. The Morgan fingerprint density at radius 2 is 1.50 bits per heavy atom. The van der Waals surface area contributed by atoms with E-state index in [1.807, 2.05) is 0 Å². The van der Waals surface area contributed by atoms with E-state index in [1.54, 1.807) is 56.3 Å². The molecule has 0 spiro atoms. The van der Waals surface area contributed by atoms with E-state index in [0.29, 0.717) is 35.9 Å². The number of carbonyl (C=O) groups excluding carboxylic acids is 1. The maximum atomic E-state index is 12.6. The Bertz CT molecular complexity index is 1040. The molecule has 8 nitrogen and oxygen atoms in total. The minimum absolute atomic E-state index is 0.233. The van der Waals surface area contributed by atoms with Crippen molar-refractivity contribution in [2.24, 2.45) is 0 Å². The van der Waals surface area contributed by atoms with Crippen molar-refractivity contribution < 1.29 is 27.4 Å². The molecule has 0 aliphatic carbocycles. The Morgan fingerprint density at radius 3 is 2.03 bits per heavy atom. The highest BCUT2D eigenvalue weighted by Crippen LogP contribution is 2.35.